The van der Waals surface area contributed by atoms with Crippen molar-refractivity contribution in [3.63, 3.8) is 0 Å². The predicted octanol–water partition coefficient (Wildman–Crippen LogP) is 4.87. The number of aromatic amines is 1. The van der Waals surface area contributed by atoms with Gasteiger partial charge in [0.15, 0.2) is 0 Å². The van der Waals surface area contributed by atoms with Gasteiger partial charge in [-0.2, -0.15) is 0 Å². The van der Waals surface area contributed by atoms with E-state index in [1.165, 1.54) is 0 Å². The van der Waals surface area contributed by atoms with Crippen LogP contribution in [0.2, 0.25) is 0 Å². The lowest BCUT2D eigenvalue weighted by molar-refractivity contribution is 0.102. The third-order valence-electron chi connectivity index (χ3n) is 4.15. The minimum Gasteiger partial charge on any atom is -0.342 e. The summed E-state index contributed by atoms with van der Waals surface area (Å²) in [5.41, 5.74) is 4.91. The van der Waals surface area contributed by atoms with Crippen molar-refractivity contribution in [1.29, 1.82) is 0 Å². The summed E-state index contributed by atoms with van der Waals surface area (Å²) in [5.74, 6) is 0.685. The van der Waals surface area contributed by atoms with Crippen LogP contribution in [0.5, 0.6) is 0 Å². The van der Waals surface area contributed by atoms with Gasteiger partial charge < -0.3 is 10.3 Å². The molecule has 0 bridgehead atoms. The maximum Gasteiger partial charge on any atom is 0.255 e. The quantitative estimate of drug-likeness (QED) is 0.513. The molecule has 0 unspecified atom stereocenters. The van der Waals surface area contributed by atoms with E-state index in [-0.39, 0.29) is 5.91 Å². The lowest BCUT2D eigenvalue weighted by atomic mass is 10.2. The van der Waals surface area contributed by atoms with E-state index in [4.69, 9.17) is 0 Å². The van der Waals surface area contributed by atoms with Gasteiger partial charge in [-0.15, -0.1) is 0 Å². The van der Waals surface area contributed by atoms with Crippen LogP contribution in [-0.4, -0.2) is 22.1 Å². The number of hydrogen-bond donors (Lipinski definition) is 2. The zero-order valence-electron chi connectivity index (χ0n) is 14.8. The Morgan fingerprint density at radius 3 is 2.59 bits per heavy atom. The van der Waals surface area contributed by atoms with Gasteiger partial charge in [0.05, 0.1) is 16.7 Å². The van der Waals surface area contributed by atoms with Gasteiger partial charge in [0.2, 0.25) is 0 Å². The standard InChI is InChI=1S/C22H18N4O/c1-15-24-20-12-11-19(13-21(20)25-15)26-22(27)17-7-9-18(10-8-17)23-14-16-5-3-2-4-6-16/h2-14H,1H3,(H,24,25)(H,26,27). The first-order valence-electron chi connectivity index (χ1n) is 8.64. The Kier molecular flexibility index (Phi) is 4.49. The first kappa shape index (κ1) is 16.7. The van der Waals surface area contributed by atoms with E-state index in [2.05, 4.69) is 20.3 Å². The highest BCUT2D eigenvalue weighted by Crippen LogP contribution is 2.19. The molecule has 1 aromatic heterocycles. The number of benzene rings is 3. The second-order valence-electron chi connectivity index (χ2n) is 6.22. The number of aliphatic imine (C=N–C) groups is 1. The van der Waals surface area contributed by atoms with Crippen molar-refractivity contribution < 1.29 is 4.79 Å². The summed E-state index contributed by atoms with van der Waals surface area (Å²) in [6.45, 7) is 1.90. The van der Waals surface area contributed by atoms with Gasteiger partial charge in [0.25, 0.3) is 5.91 Å². The highest BCUT2D eigenvalue weighted by molar-refractivity contribution is 6.05. The molecule has 1 heterocycles. The number of aryl methyl sites for hydroxylation is 1. The van der Waals surface area contributed by atoms with E-state index in [9.17, 15) is 4.79 Å². The van der Waals surface area contributed by atoms with Crippen molar-refractivity contribution in [2.24, 2.45) is 4.99 Å². The number of carbonyl (C=O) groups excluding carboxylic acids is 1. The van der Waals surface area contributed by atoms with Crippen LogP contribution in [0, 0.1) is 6.92 Å². The first-order valence-corrected chi connectivity index (χ1v) is 8.64. The molecule has 27 heavy (non-hydrogen) atoms. The highest BCUT2D eigenvalue weighted by atomic mass is 16.1. The number of nitrogens with one attached hydrogen (secondary N) is 2. The number of rotatable bonds is 4. The summed E-state index contributed by atoms with van der Waals surface area (Å²) in [5, 5.41) is 2.91. The van der Waals surface area contributed by atoms with Crippen LogP contribution >= 0.6 is 0 Å². The van der Waals surface area contributed by atoms with Crippen molar-refractivity contribution in [3.05, 3.63) is 89.7 Å². The van der Waals surface area contributed by atoms with Gasteiger partial charge in [-0.3, -0.25) is 9.79 Å². The van der Waals surface area contributed by atoms with E-state index < -0.39 is 0 Å². The van der Waals surface area contributed by atoms with E-state index in [0.29, 0.717) is 5.56 Å². The second kappa shape index (κ2) is 7.25. The molecule has 4 aromatic rings. The third-order valence-corrected chi connectivity index (χ3v) is 4.15. The molecule has 2 N–H and O–H groups in total. The fraction of sp³-hybridized carbons (Fsp3) is 0.0455. The second-order valence-corrected chi connectivity index (χ2v) is 6.22. The van der Waals surface area contributed by atoms with Gasteiger partial charge in [0, 0.05) is 17.5 Å². The summed E-state index contributed by atoms with van der Waals surface area (Å²) >= 11 is 0. The zero-order valence-corrected chi connectivity index (χ0v) is 14.8. The number of imidazole rings is 1. The van der Waals surface area contributed by atoms with Crippen LogP contribution in [0.4, 0.5) is 11.4 Å². The Labute approximate surface area is 156 Å². The molecule has 0 spiro atoms. The summed E-state index contributed by atoms with van der Waals surface area (Å²) in [4.78, 5) is 24.4. The summed E-state index contributed by atoms with van der Waals surface area (Å²) < 4.78 is 0. The molecule has 0 radical (unpaired) electrons. The minimum atomic E-state index is -0.163. The van der Waals surface area contributed by atoms with E-state index in [1.54, 1.807) is 18.3 Å². The van der Waals surface area contributed by atoms with E-state index >= 15 is 0 Å². The molecular weight excluding hydrogens is 336 g/mol. The van der Waals surface area contributed by atoms with Gasteiger partial charge in [0.1, 0.15) is 5.82 Å². The monoisotopic (exact) mass is 354 g/mol. The topological polar surface area (TPSA) is 70.1 Å². The number of fused-ring (bicyclic) bond motifs is 1. The Morgan fingerprint density at radius 1 is 1.04 bits per heavy atom. The average molecular weight is 354 g/mol. The van der Waals surface area contributed by atoms with E-state index in [0.717, 1.165) is 33.8 Å². The van der Waals surface area contributed by atoms with Crippen LogP contribution in [0.25, 0.3) is 11.0 Å². The molecule has 0 aliphatic carbocycles. The normalized spacial score (nSPS) is 11.1. The smallest absolute Gasteiger partial charge is 0.255 e. The van der Waals surface area contributed by atoms with Crippen molar-refractivity contribution >= 4 is 34.5 Å². The molecule has 0 saturated carbocycles. The van der Waals surface area contributed by atoms with Crippen molar-refractivity contribution in [3.8, 4) is 0 Å². The zero-order chi connectivity index (χ0) is 18.6. The lowest BCUT2D eigenvalue weighted by Crippen LogP contribution is -2.11. The molecular formula is C22H18N4O. The van der Waals surface area contributed by atoms with Crippen molar-refractivity contribution in [1.82, 2.24) is 9.97 Å². The average Bonchev–Trinajstić information content (AvgIpc) is 3.07. The largest absolute Gasteiger partial charge is 0.342 e. The number of hydrogen-bond acceptors (Lipinski definition) is 3. The summed E-state index contributed by atoms with van der Waals surface area (Å²) in [7, 11) is 0. The van der Waals surface area contributed by atoms with Crippen LogP contribution in [-0.2, 0) is 0 Å². The Morgan fingerprint density at radius 2 is 1.81 bits per heavy atom. The van der Waals surface area contributed by atoms with Gasteiger partial charge in [-0.1, -0.05) is 30.3 Å². The fourth-order valence-corrected chi connectivity index (χ4v) is 2.81. The molecule has 1 amide bonds. The van der Waals surface area contributed by atoms with Crippen LogP contribution in [0.3, 0.4) is 0 Å². The Bertz CT molecular complexity index is 1110. The van der Waals surface area contributed by atoms with Crippen LogP contribution in [0.15, 0.2) is 77.8 Å². The van der Waals surface area contributed by atoms with E-state index in [1.807, 2.05) is 67.6 Å². The number of anilines is 1. The van der Waals surface area contributed by atoms with Gasteiger partial charge in [-0.05, 0) is 55.0 Å². The Hall–Kier alpha value is -3.73. The summed E-state index contributed by atoms with van der Waals surface area (Å²) in [6, 6.07) is 22.7. The first-order chi connectivity index (χ1) is 13.2. The molecule has 4 rings (SSSR count). The maximum atomic E-state index is 12.5. The maximum absolute atomic E-state index is 12.5. The molecule has 0 saturated heterocycles. The fourth-order valence-electron chi connectivity index (χ4n) is 2.81. The number of carbonyl (C=O) groups is 1. The molecule has 0 fully saturated rings. The number of H-pyrrole nitrogens is 1. The third kappa shape index (κ3) is 3.93. The molecule has 0 aliphatic rings. The molecule has 3 aromatic carbocycles. The van der Waals surface area contributed by atoms with Crippen LogP contribution in [0.1, 0.15) is 21.7 Å². The van der Waals surface area contributed by atoms with Gasteiger partial charge in [-0.25, -0.2) is 4.98 Å². The summed E-state index contributed by atoms with van der Waals surface area (Å²) in [6.07, 6.45) is 1.80. The molecule has 5 heteroatoms. The molecule has 5 nitrogen and oxygen atoms in total. The number of nitrogens with zero attached hydrogens (tertiary/aromatic N) is 2. The number of aromatic nitrogens is 2. The molecule has 0 atom stereocenters. The van der Waals surface area contributed by atoms with Gasteiger partial charge >= 0.3 is 0 Å². The minimum absolute atomic E-state index is 0.163. The Balaban J connectivity index is 1.46. The van der Waals surface area contributed by atoms with Crippen LogP contribution < -0.4 is 5.32 Å². The van der Waals surface area contributed by atoms with Crippen molar-refractivity contribution in [2.45, 2.75) is 6.92 Å². The lowest BCUT2D eigenvalue weighted by Gasteiger charge is -2.05. The van der Waals surface area contributed by atoms with Crippen molar-refractivity contribution in [2.75, 3.05) is 5.32 Å². The number of amides is 1. The molecule has 132 valence electrons. The SMILES string of the molecule is Cc1nc2ccc(NC(=O)c3ccc(N=Cc4ccccc4)cc3)cc2[nH]1. The predicted molar refractivity (Wildman–Crippen MR) is 109 cm³/mol. The highest BCUT2D eigenvalue weighted by Gasteiger charge is 2.07. The molecule has 0 aliphatic heterocycles.